The Morgan fingerprint density at radius 2 is 1.94 bits per heavy atom. The number of unbranched alkanes of at least 4 members (excludes halogenated alkanes) is 1. The molecule has 0 aromatic carbocycles. The molecule has 0 heterocycles. The van der Waals surface area contributed by atoms with Crippen LogP contribution in [0.25, 0.3) is 0 Å². The number of alkyl halides is 1. The number of halogens is 1. The molecule has 0 aliphatic heterocycles. The normalized spacial score (nSPS) is 14.3. The van der Waals surface area contributed by atoms with Crippen molar-refractivity contribution in [2.75, 3.05) is 18.2 Å². The van der Waals surface area contributed by atoms with E-state index in [0.29, 0.717) is 31.1 Å². The Balaban J connectivity index is 3.81. The Morgan fingerprint density at radius 1 is 1.31 bits per heavy atom. The molecule has 0 radical (unpaired) electrons. The summed E-state index contributed by atoms with van der Waals surface area (Å²) in [5, 5.41) is 9.51. The van der Waals surface area contributed by atoms with Crippen LogP contribution in [0.5, 0.6) is 0 Å². The van der Waals surface area contributed by atoms with Crippen LogP contribution in [-0.2, 0) is 10.0 Å². The molecule has 4 nitrogen and oxygen atoms in total. The van der Waals surface area contributed by atoms with E-state index >= 15 is 0 Å². The van der Waals surface area contributed by atoms with Crippen LogP contribution in [-0.4, -0.2) is 37.8 Å². The molecule has 0 bridgehead atoms. The van der Waals surface area contributed by atoms with Crippen molar-refractivity contribution in [3.63, 3.8) is 0 Å². The van der Waals surface area contributed by atoms with E-state index in [1.165, 1.54) is 0 Å². The zero-order chi connectivity index (χ0) is 12.6. The summed E-state index contributed by atoms with van der Waals surface area (Å²) in [6.07, 6.45) is 1.24. The van der Waals surface area contributed by atoms with E-state index in [-0.39, 0.29) is 12.3 Å². The highest BCUT2D eigenvalue weighted by Gasteiger charge is 2.13. The zero-order valence-electron chi connectivity index (χ0n) is 9.95. The van der Waals surface area contributed by atoms with E-state index in [0.717, 1.165) is 0 Å². The van der Waals surface area contributed by atoms with Gasteiger partial charge in [-0.2, -0.15) is 0 Å². The summed E-state index contributed by atoms with van der Waals surface area (Å²) in [7, 11) is -3.25. The maximum Gasteiger partial charge on any atom is 0.211 e. The molecule has 0 aliphatic rings. The molecule has 0 rings (SSSR count). The number of aliphatic hydroxyl groups excluding tert-OH is 1. The molecule has 0 aromatic rings. The van der Waals surface area contributed by atoms with E-state index in [4.69, 9.17) is 11.6 Å². The number of hydrogen-bond acceptors (Lipinski definition) is 3. The highest BCUT2D eigenvalue weighted by atomic mass is 35.5. The number of aliphatic hydroxyl groups is 1. The molecule has 0 saturated carbocycles. The van der Waals surface area contributed by atoms with Gasteiger partial charge in [0.1, 0.15) is 0 Å². The average Bonchev–Trinajstić information content (AvgIpc) is 2.14. The van der Waals surface area contributed by atoms with Crippen molar-refractivity contribution in [1.29, 1.82) is 0 Å². The third-order valence-electron chi connectivity index (χ3n) is 2.08. The minimum atomic E-state index is -3.25. The molecule has 16 heavy (non-hydrogen) atoms. The largest absolute Gasteiger partial charge is 0.392 e. The Morgan fingerprint density at radius 3 is 2.44 bits per heavy atom. The van der Waals surface area contributed by atoms with Crippen LogP contribution in [0.1, 0.15) is 33.1 Å². The Kier molecular flexibility index (Phi) is 8.36. The smallest absolute Gasteiger partial charge is 0.211 e. The third-order valence-corrected chi connectivity index (χ3v) is 3.78. The fourth-order valence-corrected chi connectivity index (χ4v) is 2.67. The number of sulfonamides is 1. The lowest BCUT2D eigenvalue weighted by Crippen LogP contribution is -2.34. The number of nitrogens with one attached hydrogen (secondary N) is 1. The molecule has 6 heteroatoms. The highest BCUT2D eigenvalue weighted by molar-refractivity contribution is 7.89. The number of rotatable bonds is 9. The van der Waals surface area contributed by atoms with Gasteiger partial charge in [-0.1, -0.05) is 13.8 Å². The third kappa shape index (κ3) is 9.39. The minimum Gasteiger partial charge on any atom is -0.392 e. The Bertz CT molecular complexity index is 267. The maximum atomic E-state index is 11.4. The first-order valence-electron chi connectivity index (χ1n) is 5.58. The lowest BCUT2D eigenvalue weighted by Gasteiger charge is -2.13. The van der Waals surface area contributed by atoms with Crippen molar-refractivity contribution in [2.45, 2.75) is 39.2 Å². The van der Waals surface area contributed by atoms with Gasteiger partial charge in [-0.05, 0) is 25.2 Å². The summed E-state index contributed by atoms with van der Waals surface area (Å²) in [5.74, 6) is 0.912. The maximum absolute atomic E-state index is 11.4. The van der Waals surface area contributed by atoms with Gasteiger partial charge in [-0.3, -0.25) is 0 Å². The number of hydrogen-bond donors (Lipinski definition) is 2. The van der Waals surface area contributed by atoms with Crippen LogP contribution < -0.4 is 4.72 Å². The summed E-state index contributed by atoms with van der Waals surface area (Å²) in [4.78, 5) is 0. The van der Waals surface area contributed by atoms with Gasteiger partial charge in [0, 0.05) is 12.4 Å². The molecule has 1 atom stereocenters. The van der Waals surface area contributed by atoms with Gasteiger partial charge in [0.2, 0.25) is 10.0 Å². The van der Waals surface area contributed by atoms with Gasteiger partial charge in [0.25, 0.3) is 0 Å². The summed E-state index contributed by atoms with van der Waals surface area (Å²) >= 11 is 5.46. The van der Waals surface area contributed by atoms with Crippen LogP contribution >= 0.6 is 11.6 Å². The van der Waals surface area contributed by atoms with Crippen LogP contribution in [0.4, 0.5) is 0 Å². The molecule has 1 unspecified atom stereocenters. The van der Waals surface area contributed by atoms with Crippen LogP contribution in [0.2, 0.25) is 0 Å². The van der Waals surface area contributed by atoms with Crippen molar-refractivity contribution in [1.82, 2.24) is 4.72 Å². The SMILES string of the molecule is CC(C)CC(O)CNS(=O)(=O)CCCCCl. The predicted octanol–water partition coefficient (Wildman–Crippen LogP) is 1.33. The van der Waals surface area contributed by atoms with Crippen molar-refractivity contribution >= 4 is 21.6 Å². The first-order valence-corrected chi connectivity index (χ1v) is 7.77. The fraction of sp³-hybridized carbons (Fsp3) is 1.00. The fourth-order valence-electron chi connectivity index (χ4n) is 1.31. The lowest BCUT2D eigenvalue weighted by molar-refractivity contribution is 0.152. The molecule has 0 fully saturated rings. The van der Waals surface area contributed by atoms with E-state index < -0.39 is 16.1 Å². The van der Waals surface area contributed by atoms with Gasteiger partial charge in [0.15, 0.2) is 0 Å². The monoisotopic (exact) mass is 271 g/mol. The van der Waals surface area contributed by atoms with Gasteiger partial charge in [0.05, 0.1) is 11.9 Å². The standard InChI is InChI=1S/C10H22ClNO3S/c1-9(2)7-10(13)8-12-16(14,15)6-4-3-5-11/h9-10,12-13H,3-8H2,1-2H3. The van der Waals surface area contributed by atoms with Crippen LogP contribution in [0, 0.1) is 5.92 Å². The van der Waals surface area contributed by atoms with Gasteiger partial charge < -0.3 is 5.11 Å². The van der Waals surface area contributed by atoms with Crippen LogP contribution in [0.15, 0.2) is 0 Å². The molecule has 0 saturated heterocycles. The zero-order valence-corrected chi connectivity index (χ0v) is 11.5. The van der Waals surface area contributed by atoms with Crippen molar-refractivity contribution in [3.05, 3.63) is 0 Å². The summed E-state index contributed by atoms with van der Waals surface area (Å²) in [6, 6.07) is 0. The van der Waals surface area contributed by atoms with Gasteiger partial charge in [-0.25, -0.2) is 13.1 Å². The summed E-state index contributed by atoms with van der Waals surface area (Å²) in [5.41, 5.74) is 0. The summed E-state index contributed by atoms with van der Waals surface area (Å²) in [6.45, 7) is 4.07. The van der Waals surface area contributed by atoms with Crippen molar-refractivity contribution < 1.29 is 13.5 Å². The molecule has 0 aliphatic carbocycles. The average molecular weight is 272 g/mol. The minimum absolute atomic E-state index is 0.0775. The highest BCUT2D eigenvalue weighted by Crippen LogP contribution is 2.04. The molecule has 0 amide bonds. The van der Waals surface area contributed by atoms with E-state index in [2.05, 4.69) is 4.72 Å². The molecular formula is C10H22ClNO3S. The first-order chi connectivity index (χ1) is 7.37. The molecule has 2 N–H and O–H groups in total. The lowest BCUT2D eigenvalue weighted by atomic mass is 10.1. The van der Waals surface area contributed by atoms with E-state index in [1.54, 1.807) is 0 Å². The Labute approximate surface area is 103 Å². The van der Waals surface area contributed by atoms with Crippen LogP contribution in [0.3, 0.4) is 0 Å². The quantitative estimate of drug-likeness (QED) is 0.491. The Hall–Kier alpha value is 0.160. The molecular weight excluding hydrogens is 250 g/mol. The van der Waals surface area contributed by atoms with E-state index in [9.17, 15) is 13.5 Å². The topological polar surface area (TPSA) is 66.4 Å². The summed E-state index contributed by atoms with van der Waals surface area (Å²) < 4.78 is 25.3. The molecule has 0 aromatic heterocycles. The van der Waals surface area contributed by atoms with E-state index in [1.807, 2.05) is 13.8 Å². The second-order valence-electron chi connectivity index (χ2n) is 4.35. The van der Waals surface area contributed by atoms with Gasteiger partial charge in [-0.15, -0.1) is 11.6 Å². The molecule has 98 valence electrons. The second kappa shape index (κ2) is 8.28. The second-order valence-corrected chi connectivity index (χ2v) is 6.65. The predicted molar refractivity (Wildman–Crippen MR) is 67.2 cm³/mol. The van der Waals surface area contributed by atoms with Gasteiger partial charge >= 0.3 is 0 Å². The van der Waals surface area contributed by atoms with Crippen molar-refractivity contribution in [3.8, 4) is 0 Å². The first kappa shape index (κ1) is 16.2. The van der Waals surface area contributed by atoms with Crippen molar-refractivity contribution in [2.24, 2.45) is 5.92 Å². The molecule has 0 spiro atoms.